The Labute approximate surface area is 660 Å². The van der Waals surface area contributed by atoms with Crippen LogP contribution in [-0.4, -0.2) is 11.3 Å². The first-order valence-electron chi connectivity index (χ1n) is 39.2. The molecule has 0 amide bonds. The molecular formula is C108H68BN3O2. The molecule has 0 spiro atoms. The second kappa shape index (κ2) is 26.4. The van der Waals surface area contributed by atoms with Gasteiger partial charge in [-0.3, -0.25) is 0 Å². The lowest BCUT2D eigenvalue weighted by Crippen LogP contribution is -2.61. The van der Waals surface area contributed by atoms with Crippen LogP contribution in [-0.2, 0) is 0 Å². The van der Waals surface area contributed by atoms with Gasteiger partial charge >= 0.3 is 0 Å². The lowest BCUT2D eigenvalue weighted by Gasteiger charge is -2.45. The lowest BCUT2D eigenvalue weighted by molar-refractivity contribution is 0.668. The topological polar surface area (TPSA) is 37.7 Å². The van der Waals surface area contributed by atoms with Crippen molar-refractivity contribution in [2.24, 2.45) is 0 Å². The zero-order chi connectivity index (χ0) is 74.9. The molecule has 530 valence electrons. The van der Waals surface area contributed by atoms with Gasteiger partial charge in [0, 0.05) is 61.1 Å². The zero-order valence-corrected chi connectivity index (χ0v) is 62.0. The normalized spacial score (nSPS) is 12.3. The molecule has 0 radical (unpaired) electrons. The number of fused-ring (bicyclic) bond motifs is 13. The molecule has 21 aromatic rings. The van der Waals surface area contributed by atoms with Crippen LogP contribution in [0.3, 0.4) is 0 Å². The first-order chi connectivity index (χ1) is 56.5. The van der Waals surface area contributed by atoms with Crippen molar-refractivity contribution < 1.29 is 8.83 Å². The molecule has 0 saturated heterocycles. The summed E-state index contributed by atoms with van der Waals surface area (Å²) in [6.07, 6.45) is 0. The summed E-state index contributed by atoms with van der Waals surface area (Å²) in [6, 6.07) is 152. The number of anilines is 6. The Bertz CT molecular complexity index is 7070. The Kier molecular flexibility index (Phi) is 15.0. The zero-order valence-electron chi connectivity index (χ0n) is 62.0. The van der Waals surface area contributed by atoms with Crippen molar-refractivity contribution in [3.63, 3.8) is 0 Å². The van der Waals surface area contributed by atoms with Gasteiger partial charge in [0.2, 0.25) is 0 Å². The molecule has 0 unspecified atom stereocenters. The van der Waals surface area contributed by atoms with Gasteiger partial charge in [0.25, 0.3) is 6.71 Å². The van der Waals surface area contributed by atoms with Gasteiger partial charge in [-0.2, -0.15) is 0 Å². The molecule has 18 aromatic carbocycles. The largest absolute Gasteiger partial charge is 0.456 e. The molecule has 23 rings (SSSR count). The molecule has 0 atom stereocenters. The molecule has 2 aliphatic heterocycles. The Morgan fingerprint density at radius 2 is 0.544 bits per heavy atom. The summed E-state index contributed by atoms with van der Waals surface area (Å²) in [5.74, 6) is 0. The van der Waals surface area contributed by atoms with Gasteiger partial charge < -0.3 is 23.2 Å². The third kappa shape index (κ3) is 10.6. The van der Waals surface area contributed by atoms with Crippen molar-refractivity contribution >= 4 is 123 Å². The van der Waals surface area contributed by atoms with Crippen LogP contribution in [0.15, 0.2) is 421 Å². The molecule has 114 heavy (non-hydrogen) atoms. The van der Waals surface area contributed by atoms with Crippen molar-refractivity contribution in [2.75, 3.05) is 9.80 Å². The molecular weight excluding hydrogens is 1380 g/mol. The van der Waals surface area contributed by atoms with Gasteiger partial charge in [0.15, 0.2) is 0 Å². The van der Waals surface area contributed by atoms with E-state index < -0.39 is 0 Å². The van der Waals surface area contributed by atoms with Gasteiger partial charge in [0.1, 0.15) is 22.3 Å². The Morgan fingerprint density at radius 1 is 0.202 bits per heavy atom. The van der Waals surface area contributed by atoms with Crippen LogP contribution in [0.2, 0.25) is 0 Å². The maximum Gasteiger partial charge on any atom is 0.252 e. The standard InChI is InChI=1S/C108H68BN3O2/c1-6-26-69(27-7-1)73-34-22-38-77(60-73)80-51-56-96-92(65-80)109-93-66-81(78-39-23-35-74(61-78)70-28-8-2-9-29-70)52-57-97(93)112(108-87(54-59-103-105(108)90-46-18-21-49-101(90)114-103)83-41-25-37-76(63-83)72-32-12-4-13-33-72)99-68-84(79-50-55-95-91(64-79)88-44-16-19-47-94(88)110(95)85-42-14-5-15-43-85)67-98(106(99)109)111(96)107-86(53-58-102-104(107)89-45-17-20-48-100(89)113-102)82-40-24-36-75(62-82)71-30-10-3-11-31-71/h1-68H. The summed E-state index contributed by atoms with van der Waals surface area (Å²) in [7, 11) is 0. The number of rotatable bonds is 12. The number of hydrogen-bond donors (Lipinski definition) is 0. The molecule has 3 aromatic heterocycles. The second-order valence-electron chi connectivity index (χ2n) is 30.2. The van der Waals surface area contributed by atoms with Crippen molar-refractivity contribution in [3.8, 4) is 106 Å². The fourth-order valence-corrected chi connectivity index (χ4v) is 18.6. The van der Waals surface area contributed by atoms with E-state index in [1.807, 2.05) is 0 Å². The summed E-state index contributed by atoms with van der Waals surface area (Å²) >= 11 is 0. The fraction of sp³-hybridized carbons (Fsp3) is 0. The third-order valence-corrected chi connectivity index (χ3v) is 23.7. The molecule has 0 N–H and O–H groups in total. The maximum absolute atomic E-state index is 7.18. The minimum atomic E-state index is -0.363. The van der Waals surface area contributed by atoms with E-state index in [1.54, 1.807) is 0 Å². The van der Waals surface area contributed by atoms with Crippen LogP contribution in [0.5, 0.6) is 0 Å². The van der Waals surface area contributed by atoms with E-state index in [9.17, 15) is 0 Å². The number of hydrogen-bond acceptors (Lipinski definition) is 4. The quantitative estimate of drug-likeness (QED) is 0.114. The van der Waals surface area contributed by atoms with Gasteiger partial charge in [-0.25, -0.2) is 0 Å². The summed E-state index contributed by atoms with van der Waals surface area (Å²) in [5.41, 5.74) is 36.5. The predicted molar refractivity (Wildman–Crippen MR) is 478 cm³/mol. The highest BCUT2D eigenvalue weighted by Gasteiger charge is 2.46. The van der Waals surface area contributed by atoms with Crippen molar-refractivity contribution in [1.29, 1.82) is 0 Å². The maximum atomic E-state index is 7.18. The molecule has 0 bridgehead atoms. The van der Waals surface area contributed by atoms with E-state index in [4.69, 9.17) is 8.83 Å². The number of aromatic nitrogens is 1. The molecule has 0 aliphatic carbocycles. The summed E-state index contributed by atoms with van der Waals surface area (Å²) in [6.45, 7) is -0.363. The van der Waals surface area contributed by atoms with Crippen molar-refractivity contribution in [3.05, 3.63) is 413 Å². The lowest BCUT2D eigenvalue weighted by atomic mass is 9.33. The smallest absolute Gasteiger partial charge is 0.252 e. The summed E-state index contributed by atoms with van der Waals surface area (Å²) in [4.78, 5) is 5.31. The first kappa shape index (κ1) is 65.0. The summed E-state index contributed by atoms with van der Waals surface area (Å²) in [5, 5.41) is 6.45. The SMILES string of the molecule is c1ccc(-c2cccc(-c3ccc4c(c3)B3c5cc(-c6cccc(-c7ccccc7)c6)ccc5N(c5c(-c6cccc(-c7ccccc7)c6)ccc6oc7ccccc7c56)c5cc(-c6ccc7c(c6)c6ccccc6n7-c6ccccc6)cc(c53)N4c3c(-c4cccc(-c5ccccc5)c4)ccc4oc5ccccc5c34)c2)cc1. The molecule has 0 saturated carbocycles. The number of furan rings is 2. The van der Waals surface area contributed by atoms with Gasteiger partial charge in [0.05, 0.1) is 33.2 Å². The van der Waals surface area contributed by atoms with Crippen LogP contribution in [0, 0.1) is 0 Å². The van der Waals surface area contributed by atoms with Crippen LogP contribution in [0.4, 0.5) is 34.1 Å². The van der Waals surface area contributed by atoms with Crippen molar-refractivity contribution in [1.82, 2.24) is 4.57 Å². The predicted octanol–water partition coefficient (Wildman–Crippen LogP) is 27.7. The van der Waals surface area contributed by atoms with E-state index in [0.29, 0.717) is 0 Å². The highest BCUT2D eigenvalue weighted by atomic mass is 16.3. The van der Waals surface area contributed by atoms with E-state index in [0.717, 1.165) is 189 Å². The van der Waals surface area contributed by atoms with Crippen LogP contribution in [0.25, 0.3) is 172 Å². The van der Waals surface area contributed by atoms with Crippen LogP contribution in [0.1, 0.15) is 0 Å². The van der Waals surface area contributed by atoms with E-state index in [2.05, 4.69) is 427 Å². The highest BCUT2D eigenvalue weighted by molar-refractivity contribution is 7.00. The van der Waals surface area contributed by atoms with Crippen molar-refractivity contribution in [2.45, 2.75) is 0 Å². The molecule has 6 heteroatoms. The number of para-hydroxylation sites is 4. The molecule has 5 heterocycles. The minimum absolute atomic E-state index is 0.363. The van der Waals surface area contributed by atoms with E-state index in [1.165, 1.54) is 32.8 Å². The highest BCUT2D eigenvalue weighted by Crippen LogP contribution is 2.56. The first-order valence-corrected chi connectivity index (χ1v) is 39.2. The van der Waals surface area contributed by atoms with E-state index >= 15 is 0 Å². The Balaban J connectivity index is 0.887. The average molecular weight is 1450 g/mol. The third-order valence-electron chi connectivity index (χ3n) is 23.7. The fourth-order valence-electron chi connectivity index (χ4n) is 18.6. The van der Waals surface area contributed by atoms with Gasteiger partial charge in [-0.15, -0.1) is 0 Å². The minimum Gasteiger partial charge on any atom is -0.456 e. The Morgan fingerprint density at radius 3 is 1.00 bits per heavy atom. The van der Waals surface area contributed by atoms with Gasteiger partial charge in [-0.05, 0) is 221 Å². The second-order valence-corrected chi connectivity index (χ2v) is 30.2. The molecule has 5 nitrogen and oxygen atoms in total. The number of nitrogens with zero attached hydrogens (tertiary/aromatic N) is 3. The molecule has 0 fully saturated rings. The average Bonchev–Trinajstić information content (AvgIpc) is 0.761. The number of benzene rings is 18. The van der Waals surface area contributed by atoms with Gasteiger partial charge in [-0.1, -0.05) is 297 Å². The monoisotopic (exact) mass is 1450 g/mol. The Hall–Kier alpha value is -15.0. The summed E-state index contributed by atoms with van der Waals surface area (Å²) < 4.78 is 16.8. The van der Waals surface area contributed by atoms with Crippen LogP contribution < -0.4 is 26.2 Å². The van der Waals surface area contributed by atoms with Crippen LogP contribution >= 0.6 is 0 Å². The molecule has 2 aliphatic rings. The van der Waals surface area contributed by atoms with E-state index in [-0.39, 0.29) is 6.71 Å².